The lowest BCUT2D eigenvalue weighted by Crippen LogP contribution is -2.51. The molecular formula is C12H19F3N2O4. The highest BCUT2D eigenvalue weighted by atomic mass is 19.4. The summed E-state index contributed by atoms with van der Waals surface area (Å²) in [4.78, 5) is 24.5. The Morgan fingerprint density at radius 3 is 2.52 bits per heavy atom. The van der Waals surface area contributed by atoms with E-state index in [1.54, 1.807) is 0 Å². The van der Waals surface area contributed by atoms with Crippen molar-refractivity contribution < 1.29 is 33.0 Å². The van der Waals surface area contributed by atoms with Crippen molar-refractivity contribution in [1.29, 1.82) is 0 Å². The Hall–Kier alpha value is -1.51. The molecule has 9 heteroatoms. The number of urea groups is 1. The number of alkyl halides is 3. The predicted molar refractivity (Wildman–Crippen MR) is 66.7 cm³/mol. The van der Waals surface area contributed by atoms with Crippen LogP contribution in [0.5, 0.6) is 0 Å². The number of carbonyl (C=O) groups is 2. The van der Waals surface area contributed by atoms with E-state index in [1.165, 1.54) is 4.90 Å². The van der Waals surface area contributed by atoms with Crippen molar-refractivity contribution >= 4 is 12.0 Å². The number of rotatable bonds is 5. The van der Waals surface area contributed by atoms with E-state index in [0.717, 1.165) is 0 Å². The van der Waals surface area contributed by atoms with Gasteiger partial charge in [0.05, 0.1) is 6.61 Å². The van der Waals surface area contributed by atoms with Crippen LogP contribution < -0.4 is 0 Å². The molecule has 0 saturated carbocycles. The highest BCUT2D eigenvalue weighted by Gasteiger charge is 2.35. The molecule has 0 aromatic rings. The van der Waals surface area contributed by atoms with Crippen LogP contribution in [0.3, 0.4) is 0 Å². The van der Waals surface area contributed by atoms with E-state index in [9.17, 15) is 22.8 Å². The third-order valence-corrected chi connectivity index (χ3v) is 3.26. The third-order valence-electron chi connectivity index (χ3n) is 3.26. The van der Waals surface area contributed by atoms with Gasteiger partial charge in [-0.1, -0.05) is 0 Å². The summed E-state index contributed by atoms with van der Waals surface area (Å²) < 4.78 is 37.3. The molecule has 2 N–H and O–H groups in total. The van der Waals surface area contributed by atoms with Crippen LogP contribution in [0.25, 0.3) is 0 Å². The molecule has 1 aliphatic heterocycles. The van der Waals surface area contributed by atoms with E-state index >= 15 is 0 Å². The number of carboxylic acids is 1. The highest BCUT2D eigenvalue weighted by molar-refractivity contribution is 5.75. The Kier molecular flexibility index (Phi) is 6.25. The van der Waals surface area contributed by atoms with Gasteiger partial charge in [0.2, 0.25) is 0 Å². The molecule has 0 bridgehead atoms. The highest BCUT2D eigenvalue weighted by Crippen LogP contribution is 2.22. The number of piperidine rings is 1. The lowest BCUT2D eigenvalue weighted by Gasteiger charge is -2.36. The number of amides is 2. The number of carboxylic acid groups (broad SMARTS) is 1. The fourth-order valence-electron chi connectivity index (χ4n) is 2.43. The molecule has 1 aliphatic rings. The SMILES string of the molecule is O=C(O)CC1CCCN(C(=O)N(CCO)CC(F)(F)F)C1. The summed E-state index contributed by atoms with van der Waals surface area (Å²) >= 11 is 0. The Balaban J connectivity index is 2.66. The molecule has 6 nitrogen and oxygen atoms in total. The van der Waals surface area contributed by atoms with Gasteiger partial charge in [-0.05, 0) is 18.8 Å². The monoisotopic (exact) mass is 312 g/mol. The topological polar surface area (TPSA) is 81.1 Å². The number of likely N-dealkylation sites (tertiary alicyclic amines) is 1. The second-order valence-corrected chi connectivity index (χ2v) is 5.10. The van der Waals surface area contributed by atoms with Gasteiger partial charge in [-0.3, -0.25) is 4.79 Å². The van der Waals surface area contributed by atoms with Gasteiger partial charge < -0.3 is 20.0 Å². The van der Waals surface area contributed by atoms with Gasteiger partial charge in [0.25, 0.3) is 0 Å². The summed E-state index contributed by atoms with van der Waals surface area (Å²) in [7, 11) is 0. The fourth-order valence-corrected chi connectivity index (χ4v) is 2.43. The number of hydrogen-bond acceptors (Lipinski definition) is 3. The van der Waals surface area contributed by atoms with Crippen LogP contribution in [-0.4, -0.2) is 71.0 Å². The molecule has 1 rings (SSSR count). The van der Waals surface area contributed by atoms with Crippen molar-refractivity contribution in [2.75, 3.05) is 32.8 Å². The number of aliphatic hydroxyl groups is 1. The van der Waals surface area contributed by atoms with Crippen molar-refractivity contribution in [3.63, 3.8) is 0 Å². The molecule has 0 spiro atoms. The molecule has 0 radical (unpaired) electrons. The van der Waals surface area contributed by atoms with Crippen molar-refractivity contribution in [2.45, 2.75) is 25.4 Å². The van der Waals surface area contributed by atoms with Gasteiger partial charge in [0, 0.05) is 26.1 Å². The van der Waals surface area contributed by atoms with Gasteiger partial charge in [-0.2, -0.15) is 13.2 Å². The minimum atomic E-state index is -4.54. The minimum Gasteiger partial charge on any atom is -0.481 e. The van der Waals surface area contributed by atoms with Crippen molar-refractivity contribution in [3.8, 4) is 0 Å². The second kappa shape index (κ2) is 7.48. The number of nitrogens with zero attached hydrogens (tertiary/aromatic N) is 2. The van der Waals surface area contributed by atoms with E-state index in [2.05, 4.69) is 0 Å². The predicted octanol–water partition coefficient (Wildman–Crippen LogP) is 1.15. The molecular weight excluding hydrogens is 293 g/mol. The van der Waals surface area contributed by atoms with Gasteiger partial charge in [0.15, 0.2) is 0 Å². The zero-order valence-corrected chi connectivity index (χ0v) is 11.5. The molecule has 0 aromatic heterocycles. The van der Waals surface area contributed by atoms with Gasteiger partial charge >= 0.3 is 18.2 Å². The molecule has 1 heterocycles. The lowest BCUT2D eigenvalue weighted by atomic mass is 9.95. The summed E-state index contributed by atoms with van der Waals surface area (Å²) in [5.41, 5.74) is 0. The summed E-state index contributed by atoms with van der Waals surface area (Å²) in [6, 6.07) is -0.809. The first-order chi connectivity index (χ1) is 9.73. The van der Waals surface area contributed by atoms with Crippen molar-refractivity contribution in [2.24, 2.45) is 5.92 Å². The standard InChI is InChI=1S/C12H19F3N2O4/c13-12(14,15)8-17(4-5-18)11(21)16-3-1-2-9(7-16)6-10(19)20/h9,18H,1-8H2,(H,19,20). The maximum atomic E-state index is 12.4. The fraction of sp³-hybridized carbons (Fsp3) is 0.833. The lowest BCUT2D eigenvalue weighted by molar-refractivity contribution is -0.141. The number of aliphatic hydroxyl groups excluding tert-OH is 1. The van der Waals surface area contributed by atoms with Gasteiger partial charge in [0.1, 0.15) is 6.54 Å². The normalized spacial score (nSPS) is 19.4. The van der Waals surface area contributed by atoms with Crippen LogP contribution >= 0.6 is 0 Å². The average Bonchev–Trinajstić information content (AvgIpc) is 2.35. The van der Waals surface area contributed by atoms with E-state index < -0.39 is 37.9 Å². The molecule has 1 fully saturated rings. The van der Waals surface area contributed by atoms with Gasteiger partial charge in [-0.25, -0.2) is 4.79 Å². The summed E-state index contributed by atoms with van der Waals surface area (Å²) in [5.74, 6) is -1.24. The van der Waals surface area contributed by atoms with Crippen LogP contribution in [0, 0.1) is 5.92 Å². The molecule has 0 aromatic carbocycles. The number of aliphatic carboxylic acids is 1. The van der Waals surface area contributed by atoms with Crippen molar-refractivity contribution in [3.05, 3.63) is 0 Å². The molecule has 2 amide bonds. The first kappa shape index (κ1) is 17.5. The quantitative estimate of drug-likeness (QED) is 0.798. The summed E-state index contributed by atoms with van der Waals surface area (Å²) in [5, 5.41) is 17.5. The van der Waals surface area contributed by atoms with Crippen LogP contribution in [-0.2, 0) is 4.79 Å². The molecule has 0 aliphatic carbocycles. The van der Waals surface area contributed by atoms with Crippen LogP contribution in [0.2, 0.25) is 0 Å². The zero-order chi connectivity index (χ0) is 16.0. The summed E-state index contributed by atoms with van der Waals surface area (Å²) in [6.45, 7) is -1.96. The minimum absolute atomic E-state index is 0.108. The van der Waals surface area contributed by atoms with Crippen molar-refractivity contribution in [1.82, 2.24) is 9.80 Å². The van der Waals surface area contributed by atoms with E-state index in [1.807, 2.05) is 0 Å². The molecule has 21 heavy (non-hydrogen) atoms. The maximum absolute atomic E-state index is 12.4. The van der Waals surface area contributed by atoms with E-state index in [-0.39, 0.29) is 18.9 Å². The first-order valence-electron chi connectivity index (χ1n) is 6.66. The Morgan fingerprint density at radius 1 is 1.33 bits per heavy atom. The Morgan fingerprint density at radius 2 is 2.00 bits per heavy atom. The van der Waals surface area contributed by atoms with Gasteiger partial charge in [-0.15, -0.1) is 0 Å². The third kappa shape index (κ3) is 6.19. The Bertz CT molecular complexity index is 376. The van der Waals surface area contributed by atoms with Crippen LogP contribution in [0.1, 0.15) is 19.3 Å². The van der Waals surface area contributed by atoms with Crippen LogP contribution in [0.4, 0.5) is 18.0 Å². The van der Waals surface area contributed by atoms with E-state index in [0.29, 0.717) is 24.3 Å². The number of halogens is 3. The molecule has 122 valence electrons. The average molecular weight is 312 g/mol. The number of carbonyl (C=O) groups excluding carboxylic acids is 1. The largest absolute Gasteiger partial charge is 0.481 e. The summed E-state index contributed by atoms with van der Waals surface area (Å²) in [6.07, 6.45) is -3.46. The molecule has 1 saturated heterocycles. The van der Waals surface area contributed by atoms with E-state index in [4.69, 9.17) is 10.2 Å². The smallest absolute Gasteiger partial charge is 0.406 e. The zero-order valence-electron chi connectivity index (χ0n) is 11.5. The molecule has 1 unspecified atom stereocenters. The number of hydrogen-bond donors (Lipinski definition) is 2. The van der Waals surface area contributed by atoms with Crippen LogP contribution in [0.15, 0.2) is 0 Å². The first-order valence-corrected chi connectivity index (χ1v) is 6.66. The molecule has 1 atom stereocenters. The Labute approximate surface area is 120 Å². The maximum Gasteiger partial charge on any atom is 0.406 e. The second-order valence-electron chi connectivity index (χ2n) is 5.10.